The highest BCUT2D eigenvalue weighted by molar-refractivity contribution is 7.89. The zero-order valence-corrected chi connectivity index (χ0v) is 19.4. The number of benzene rings is 2. The Labute approximate surface area is 186 Å². The molecular weight excluding hydrogens is 440 g/mol. The molecule has 3 aromatic rings. The third-order valence-electron chi connectivity index (χ3n) is 4.43. The molecule has 0 saturated carbocycles. The molecule has 1 amide bonds. The highest BCUT2D eigenvalue weighted by Gasteiger charge is 2.23. The summed E-state index contributed by atoms with van der Waals surface area (Å²) in [5.41, 5.74) is 1.04. The van der Waals surface area contributed by atoms with Crippen molar-refractivity contribution < 1.29 is 17.7 Å². The summed E-state index contributed by atoms with van der Waals surface area (Å²) in [6.45, 7) is 5.94. The van der Waals surface area contributed by atoms with Gasteiger partial charge in [-0.05, 0) is 42.5 Å². The second kappa shape index (κ2) is 8.41. The monoisotopic (exact) mass is 462 g/mol. The van der Waals surface area contributed by atoms with E-state index in [1.807, 2.05) is 20.8 Å². The van der Waals surface area contributed by atoms with Gasteiger partial charge in [-0.1, -0.05) is 37.5 Å². The Kier molecular flexibility index (Phi) is 6.22. The fourth-order valence-corrected chi connectivity index (χ4v) is 3.73. The topological polar surface area (TPSA) is 105 Å². The molecule has 1 aromatic heterocycles. The van der Waals surface area contributed by atoms with Gasteiger partial charge in [-0.15, -0.1) is 0 Å². The number of hydrogen-bond donors (Lipinski definition) is 1. The van der Waals surface area contributed by atoms with E-state index in [1.54, 1.807) is 24.3 Å². The van der Waals surface area contributed by atoms with Crippen LogP contribution in [-0.2, 0) is 15.4 Å². The number of nitrogens with zero attached hydrogens (tertiary/aromatic N) is 3. The molecule has 0 spiro atoms. The van der Waals surface area contributed by atoms with Crippen molar-refractivity contribution in [1.82, 2.24) is 14.4 Å². The summed E-state index contributed by atoms with van der Waals surface area (Å²) in [4.78, 5) is 17.1. The lowest BCUT2D eigenvalue weighted by Gasteiger charge is -2.13. The molecule has 10 heteroatoms. The molecule has 0 aliphatic carbocycles. The number of amides is 1. The van der Waals surface area contributed by atoms with Crippen LogP contribution in [0, 0.1) is 0 Å². The molecule has 0 radical (unpaired) electrons. The fraction of sp³-hybridized carbons (Fsp3) is 0.286. The van der Waals surface area contributed by atoms with E-state index in [2.05, 4.69) is 15.5 Å². The molecule has 0 aliphatic heterocycles. The van der Waals surface area contributed by atoms with Gasteiger partial charge >= 0.3 is 0 Å². The van der Waals surface area contributed by atoms with Crippen molar-refractivity contribution in [3.63, 3.8) is 0 Å². The zero-order valence-electron chi connectivity index (χ0n) is 17.8. The normalized spacial score (nSPS) is 12.2. The first-order valence-electron chi connectivity index (χ1n) is 9.37. The molecule has 0 bridgehead atoms. The van der Waals surface area contributed by atoms with Crippen molar-refractivity contribution in [2.24, 2.45) is 0 Å². The van der Waals surface area contributed by atoms with Crippen LogP contribution in [0.2, 0.25) is 5.02 Å². The third kappa shape index (κ3) is 4.95. The van der Waals surface area contributed by atoms with E-state index in [0.717, 1.165) is 9.87 Å². The SMILES string of the molecule is CN(C)S(=O)(=O)c1ccc(Cl)c(C(=O)Nc2ccc(-c3noc(C(C)(C)C)n3)cc2)c1. The van der Waals surface area contributed by atoms with Crippen LogP contribution in [0.25, 0.3) is 11.4 Å². The summed E-state index contributed by atoms with van der Waals surface area (Å²) in [6.07, 6.45) is 0. The van der Waals surface area contributed by atoms with Crippen molar-refractivity contribution in [3.05, 3.63) is 58.9 Å². The molecule has 0 unspecified atom stereocenters. The molecule has 2 aromatic carbocycles. The fourth-order valence-electron chi connectivity index (χ4n) is 2.60. The number of rotatable bonds is 5. The molecule has 164 valence electrons. The predicted octanol–water partition coefficient (Wildman–Crippen LogP) is 4.19. The van der Waals surface area contributed by atoms with Crippen LogP contribution in [0.5, 0.6) is 0 Å². The van der Waals surface area contributed by atoms with E-state index in [1.165, 1.54) is 32.3 Å². The maximum atomic E-state index is 12.7. The molecular formula is C21H23ClN4O4S. The van der Waals surface area contributed by atoms with E-state index in [4.69, 9.17) is 16.1 Å². The number of sulfonamides is 1. The van der Waals surface area contributed by atoms with Crippen LogP contribution >= 0.6 is 11.6 Å². The molecule has 1 N–H and O–H groups in total. The molecule has 3 rings (SSSR count). The minimum absolute atomic E-state index is 0.0193. The van der Waals surface area contributed by atoms with Gasteiger partial charge in [0.1, 0.15) is 0 Å². The van der Waals surface area contributed by atoms with Crippen LogP contribution in [0.3, 0.4) is 0 Å². The zero-order chi connectivity index (χ0) is 23.0. The summed E-state index contributed by atoms with van der Waals surface area (Å²) in [6, 6.07) is 10.9. The molecule has 0 saturated heterocycles. The number of nitrogens with one attached hydrogen (secondary N) is 1. The summed E-state index contributed by atoms with van der Waals surface area (Å²) >= 11 is 6.14. The lowest BCUT2D eigenvalue weighted by Crippen LogP contribution is -2.23. The smallest absolute Gasteiger partial charge is 0.257 e. The van der Waals surface area contributed by atoms with Gasteiger partial charge in [0, 0.05) is 30.8 Å². The van der Waals surface area contributed by atoms with Crippen molar-refractivity contribution in [2.45, 2.75) is 31.1 Å². The van der Waals surface area contributed by atoms with Gasteiger partial charge in [0.05, 0.1) is 15.5 Å². The number of hydrogen-bond acceptors (Lipinski definition) is 6. The first-order chi connectivity index (χ1) is 14.4. The van der Waals surface area contributed by atoms with Crippen molar-refractivity contribution in [3.8, 4) is 11.4 Å². The molecule has 0 fully saturated rings. The van der Waals surface area contributed by atoms with Crippen LogP contribution in [0.1, 0.15) is 37.0 Å². The molecule has 0 aliphatic rings. The van der Waals surface area contributed by atoms with Gasteiger partial charge < -0.3 is 9.84 Å². The number of carbonyl (C=O) groups is 1. The highest BCUT2D eigenvalue weighted by Crippen LogP contribution is 2.26. The minimum Gasteiger partial charge on any atom is -0.338 e. The number of halogens is 1. The molecule has 31 heavy (non-hydrogen) atoms. The Bertz CT molecular complexity index is 1210. The van der Waals surface area contributed by atoms with Gasteiger partial charge in [-0.2, -0.15) is 4.98 Å². The Morgan fingerprint density at radius 3 is 2.29 bits per heavy atom. The largest absolute Gasteiger partial charge is 0.338 e. The Hall–Kier alpha value is -2.75. The van der Waals surface area contributed by atoms with Gasteiger partial charge in [-0.25, -0.2) is 12.7 Å². The van der Waals surface area contributed by atoms with E-state index in [0.29, 0.717) is 17.4 Å². The van der Waals surface area contributed by atoms with Crippen molar-refractivity contribution >= 4 is 33.2 Å². The van der Waals surface area contributed by atoms with Crippen LogP contribution in [0.4, 0.5) is 5.69 Å². The molecule has 1 heterocycles. The minimum atomic E-state index is -3.70. The lowest BCUT2D eigenvalue weighted by molar-refractivity contribution is 0.102. The summed E-state index contributed by atoms with van der Waals surface area (Å²) in [7, 11) is -0.863. The average Bonchev–Trinajstić information content (AvgIpc) is 3.19. The second-order valence-electron chi connectivity index (χ2n) is 8.13. The number of carbonyl (C=O) groups excluding carboxylic acids is 1. The van der Waals surface area contributed by atoms with Gasteiger partial charge in [0.25, 0.3) is 5.91 Å². The standard InChI is InChI=1S/C21H23ClN4O4S/c1-21(2,3)20-24-18(25-30-20)13-6-8-14(9-7-13)23-19(27)16-12-15(10-11-17(16)22)31(28,29)26(4)5/h6-12H,1-5H3,(H,23,27). The van der Waals surface area contributed by atoms with Crippen LogP contribution < -0.4 is 5.32 Å². The van der Waals surface area contributed by atoms with E-state index < -0.39 is 15.9 Å². The Morgan fingerprint density at radius 2 is 1.74 bits per heavy atom. The maximum Gasteiger partial charge on any atom is 0.257 e. The maximum absolute atomic E-state index is 12.7. The Morgan fingerprint density at radius 1 is 1.10 bits per heavy atom. The quantitative estimate of drug-likeness (QED) is 0.609. The summed E-state index contributed by atoms with van der Waals surface area (Å²) in [5.74, 6) is 0.456. The first kappa shape index (κ1) is 22.9. The van der Waals surface area contributed by atoms with Gasteiger partial charge in [0.2, 0.25) is 21.7 Å². The van der Waals surface area contributed by atoms with Gasteiger partial charge in [0.15, 0.2) is 0 Å². The second-order valence-corrected chi connectivity index (χ2v) is 10.7. The van der Waals surface area contributed by atoms with Crippen LogP contribution in [0.15, 0.2) is 51.9 Å². The van der Waals surface area contributed by atoms with E-state index in [-0.39, 0.29) is 20.9 Å². The predicted molar refractivity (Wildman–Crippen MR) is 119 cm³/mol. The summed E-state index contributed by atoms with van der Waals surface area (Å²) in [5, 5.41) is 6.86. The van der Waals surface area contributed by atoms with Crippen molar-refractivity contribution in [1.29, 1.82) is 0 Å². The van der Waals surface area contributed by atoms with Gasteiger partial charge in [-0.3, -0.25) is 4.79 Å². The summed E-state index contributed by atoms with van der Waals surface area (Å²) < 4.78 is 31.1. The highest BCUT2D eigenvalue weighted by atomic mass is 35.5. The van der Waals surface area contributed by atoms with Crippen molar-refractivity contribution in [2.75, 3.05) is 19.4 Å². The number of anilines is 1. The first-order valence-corrected chi connectivity index (χ1v) is 11.2. The van der Waals surface area contributed by atoms with E-state index >= 15 is 0 Å². The molecule has 0 atom stereocenters. The van der Waals surface area contributed by atoms with E-state index in [9.17, 15) is 13.2 Å². The van der Waals surface area contributed by atoms with Crippen LogP contribution in [-0.4, -0.2) is 42.9 Å². The third-order valence-corrected chi connectivity index (χ3v) is 6.57. The lowest BCUT2D eigenvalue weighted by atomic mass is 9.97. The number of aromatic nitrogens is 2. The Balaban J connectivity index is 1.81. The average molecular weight is 463 g/mol. The molecule has 8 nitrogen and oxygen atoms in total.